The lowest BCUT2D eigenvalue weighted by Crippen LogP contribution is -2.41. The normalized spacial score (nSPS) is 23.9. The van der Waals surface area contributed by atoms with E-state index in [9.17, 15) is 4.79 Å². The Morgan fingerprint density at radius 1 is 1.40 bits per heavy atom. The van der Waals surface area contributed by atoms with Gasteiger partial charge in [-0.3, -0.25) is 4.79 Å². The van der Waals surface area contributed by atoms with E-state index in [1.54, 1.807) is 0 Å². The van der Waals surface area contributed by atoms with Crippen LogP contribution in [0, 0.1) is 0 Å². The molecule has 1 saturated heterocycles. The molecule has 0 aromatic heterocycles. The maximum absolute atomic E-state index is 12.1. The Balaban J connectivity index is 2.12. The average Bonchev–Trinajstić information content (AvgIpc) is 2.68. The van der Waals surface area contributed by atoms with E-state index in [4.69, 9.17) is 11.6 Å². The molecule has 15 heavy (non-hydrogen) atoms. The molecule has 0 spiro atoms. The van der Waals surface area contributed by atoms with Crippen LogP contribution in [0.15, 0.2) is 18.2 Å². The first kappa shape index (κ1) is 9.22. The average molecular weight is 222 g/mol. The molecule has 0 aliphatic carbocycles. The molecule has 2 aliphatic rings. The van der Waals surface area contributed by atoms with Crippen molar-refractivity contribution in [3.63, 3.8) is 0 Å². The predicted octanol–water partition coefficient (Wildman–Crippen LogP) is 2.50. The molecule has 78 valence electrons. The molecule has 0 radical (unpaired) electrons. The molecule has 1 atom stereocenters. The zero-order valence-corrected chi connectivity index (χ0v) is 9.13. The molecular formula is C12H12ClNO. The maximum atomic E-state index is 12.1. The smallest absolute Gasteiger partial charge is 0.254 e. The second kappa shape index (κ2) is 3.24. The van der Waals surface area contributed by atoms with Gasteiger partial charge in [-0.1, -0.05) is 17.7 Å². The Hall–Kier alpha value is -1.02. The van der Waals surface area contributed by atoms with Crippen LogP contribution in [0.2, 0.25) is 5.02 Å². The highest BCUT2D eigenvalue weighted by Crippen LogP contribution is 2.33. The van der Waals surface area contributed by atoms with Gasteiger partial charge in [0, 0.05) is 23.2 Å². The van der Waals surface area contributed by atoms with E-state index in [-0.39, 0.29) is 5.91 Å². The largest absolute Gasteiger partial charge is 0.335 e. The van der Waals surface area contributed by atoms with Gasteiger partial charge < -0.3 is 4.90 Å². The number of hydrogen-bond donors (Lipinski definition) is 0. The lowest BCUT2D eigenvalue weighted by atomic mass is 9.94. The Morgan fingerprint density at radius 3 is 3.13 bits per heavy atom. The summed E-state index contributed by atoms with van der Waals surface area (Å²) in [5, 5.41) is 0.743. The number of rotatable bonds is 0. The van der Waals surface area contributed by atoms with Crippen LogP contribution >= 0.6 is 11.6 Å². The minimum Gasteiger partial charge on any atom is -0.335 e. The van der Waals surface area contributed by atoms with Crippen LogP contribution < -0.4 is 0 Å². The van der Waals surface area contributed by atoms with Crippen molar-refractivity contribution in [2.24, 2.45) is 0 Å². The van der Waals surface area contributed by atoms with E-state index in [0.717, 1.165) is 42.0 Å². The fourth-order valence-corrected chi connectivity index (χ4v) is 2.92. The molecule has 1 unspecified atom stereocenters. The van der Waals surface area contributed by atoms with Crippen molar-refractivity contribution in [2.45, 2.75) is 25.3 Å². The van der Waals surface area contributed by atoms with E-state index in [0.29, 0.717) is 6.04 Å². The fraction of sp³-hybridized carbons (Fsp3) is 0.417. The van der Waals surface area contributed by atoms with Crippen molar-refractivity contribution in [2.75, 3.05) is 6.54 Å². The molecule has 3 heteroatoms. The number of carbonyl (C=O) groups is 1. The van der Waals surface area contributed by atoms with E-state index in [2.05, 4.69) is 0 Å². The zero-order chi connectivity index (χ0) is 10.4. The molecular weight excluding hydrogens is 210 g/mol. The van der Waals surface area contributed by atoms with Gasteiger partial charge >= 0.3 is 0 Å². The third-order valence-corrected chi connectivity index (χ3v) is 3.78. The quantitative estimate of drug-likeness (QED) is 0.659. The number of halogens is 1. The minimum absolute atomic E-state index is 0.168. The zero-order valence-electron chi connectivity index (χ0n) is 8.37. The summed E-state index contributed by atoms with van der Waals surface area (Å²) in [7, 11) is 0. The first-order valence-electron chi connectivity index (χ1n) is 5.36. The van der Waals surface area contributed by atoms with Gasteiger partial charge in [-0.2, -0.15) is 0 Å². The number of amides is 1. The number of nitrogens with zero attached hydrogens (tertiary/aromatic N) is 1. The molecule has 1 aromatic carbocycles. The van der Waals surface area contributed by atoms with E-state index >= 15 is 0 Å². The van der Waals surface area contributed by atoms with Gasteiger partial charge in [-0.15, -0.1) is 0 Å². The summed E-state index contributed by atoms with van der Waals surface area (Å²) in [5.74, 6) is 0.168. The molecule has 2 aliphatic heterocycles. The number of fused-ring (bicyclic) bond motifs is 2. The summed E-state index contributed by atoms with van der Waals surface area (Å²) in [5.41, 5.74) is 1.85. The Bertz CT molecular complexity index is 430. The van der Waals surface area contributed by atoms with Crippen LogP contribution in [0.4, 0.5) is 0 Å². The summed E-state index contributed by atoms with van der Waals surface area (Å²) < 4.78 is 0. The molecule has 2 heterocycles. The standard InChI is InChI=1S/C12H12ClNO/c13-11-5-1-4-9-10(11)7-8-3-2-6-14(8)12(9)15/h1,4-5,8H,2-3,6-7H2. The third-order valence-electron chi connectivity index (χ3n) is 3.43. The van der Waals surface area contributed by atoms with Crippen molar-refractivity contribution in [1.29, 1.82) is 0 Å². The van der Waals surface area contributed by atoms with Gasteiger partial charge in [0.05, 0.1) is 0 Å². The Kier molecular flexibility index (Phi) is 1.99. The molecule has 1 aromatic rings. The van der Waals surface area contributed by atoms with Crippen LogP contribution in [-0.2, 0) is 6.42 Å². The fourth-order valence-electron chi connectivity index (χ4n) is 2.67. The van der Waals surface area contributed by atoms with Crippen molar-refractivity contribution < 1.29 is 4.79 Å². The number of hydrogen-bond acceptors (Lipinski definition) is 1. The van der Waals surface area contributed by atoms with Crippen molar-refractivity contribution in [3.05, 3.63) is 34.3 Å². The van der Waals surface area contributed by atoms with Gasteiger partial charge in [0.25, 0.3) is 5.91 Å². The Labute approximate surface area is 93.8 Å². The SMILES string of the molecule is O=C1c2cccc(Cl)c2CC2CCCN12. The van der Waals surface area contributed by atoms with Gasteiger partial charge in [0.15, 0.2) is 0 Å². The molecule has 1 amide bonds. The summed E-state index contributed by atoms with van der Waals surface area (Å²) >= 11 is 6.13. The molecule has 0 saturated carbocycles. The van der Waals surface area contributed by atoms with E-state index in [1.807, 2.05) is 23.1 Å². The molecule has 1 fully saturated rings. The monoisotopic (exact) mass is 221 g/mol. The van der Waals surface area contributed by atoms with Crippen LogP contribution in [0.25, 0.3) is 0 Å². The van der Waals surface area contributed by atoms with E-state index < -0.39 is 0 Å². The summed E-state index contributed by atoms with van der Waals surface area (Å²) in [6.07, 6.45) is 3.18. The summed E-state index contributed by atoms with van der Waals surface area (Å²) in [4.78, 5) is 14.1. The van der Waals surface area contributed by atoms with Gasteiger partial charge in [-0.25, -0.2) is 0 Å². The maximum Gasteiger partial charge on any atom is 0.254 e. The molecule has 3 rings (SSSR count). The highest BCUT2D eigenvalue weighted by molar-refractivity contribution is 6.32. The third kappa shape index (κ3) is 1.28. The van der Waals surface area contributed by atoms with Crippen molar-refractivity contribution in [3.8, 4) is 0 Å². The summed E-state index contributed by atoms with van der Waals surface area (Å²) in [6.45, 7) is 0.912. The van der Waals surface area contributed by atoms with Crippen LogP contribution in [0.1, 0.15) is 28.8 Å². The summed E-state index contributed by atoms with van der Waals surface area (Å²) in [6, 6.07) is 6.01. The highest BCUT2D eigenvalue weighted by Gasteiger charge is 2.35. The lowest BCUT2D eigenvalue weighted by Gasteiger charge is -2.31. The van der Waals surface area contributed by atoms with Gasteiger partial charge in [0.2, 0.25) is 0 Å². The highest BCUT2D eigenvalue weighted by atomic mass is 35.5. The van der Waals surface area contributed by atoms with Crippen LogP contribution in [-0.4, -0.2) is 23.4 Å². The number of carbonyl (C=O) groups excluding carboxylic acids is 1. The molecule has 0 N–H and O–H groups in total. The van der Waals surface area contributed by atoms with Crippen molar-refractivity contribution in [1.82, 2.24) is 4.90 Å². The topological polar surface area (TPSA) is 20.3 Å². The predicted molar refractivity (Wildman–Crippen MR) is 59.2 cm³/mol. The molecule has 2 nitrogen and oxygen atoms in total. The number of benzene rings is 1. The van der Waals surface area contributed by atoms with E-state index in [1.165, 1.54) is 0 Å². The second-order valence-electron chi connectivity index (χ2n) is 4.26. The van der Waals surface area contributed by atoms with Gasteiger partial charge in [-0.05, 0) is 37.0 Å². The minimum atomic E-state index is 0.168. The first-order valence-corrected chi connectivity index (χ1v) is 5.73. The molecule has 0 bridgehead atoms. The Morgan fingerprint density at radius 2 is 2.27 bits per heavy atom. The van der Waals surface area contributed by atoms with Crippen LogP contribution in [0.3, 0.4) is 0 Å². The van der Waals surface area contributed by atoms with Crippen molar-refractivity contribution >= 4 is 17.5 Å². The first-order chi connectivity index (χ1) is 7.27. The lowest BCUT2D eigenvalue weighted by molar-refractivity contribution is 0.0714. The van der Waals surface area contributed by atoms with Gasteiger partial charge in [0.1, 0.15) is 0 Å². The second-order valence-corrected chi connectivity index (χ2v) is 4.67. The van der Waals surface area contributed by atoms with Crippen LogP contribution in [0.5, 0.6) is 0 Å².